The average molecular weight is 447 g/mol. The number of amides is 3. The van der Waals surface area contributed by atoms with Crippen LogP contribution in [-0.2, 0) is 14.2 Å². The van der Waals surface area contributed by atoms with Gasteiger partial charge in [-0.05, 0) is 73.8 Å². The average Bonchev–Trinajstić information content (AvgIpc) is 2.60. The molecular formula is C21H42N4O6. The van der Waals surface area contributed by atoms with Crippen LogP contribution in [0.15, 0.2) is 0 Å². The summed E-state index contributed by atoms with van der Waals surface area (Å²) in [6.07, 6.45) is 1.14. The van der Waals surface area contributed by atoms with Gasteiger partial charge in [-0.25, -0.2) is 14.4 Å². The highest BCUT2D eigenvalue weighted by molar-refractivity contribution is 5.68. The minimum atomic E-state index is -0.602. The number of nitrogens with two attached hydrogens (primary N) is 1. The van der Waals surface area contributed by atoms with E-state index < -0.39 is 29.5 Å². The van der Waals surface area contributed by atoms with Gasteiger partial charge >= 0.3 is 18.3 Å². The van der Waals surface area contributed by atoms with Gasteiger partial charge in [0.2, 0.25) is 0 Å². The first-order chi connectivity index (χ1) is 14.3. The molecule has 0 aliphatic carbocycles. The Morgan fingerprint density at radius 3 is 1.90 bits per heavy atom. The van der Waals surface area contributed by atoms with Crippen molar-refractivity contribution < 1.29 is 28.6 Å². The molecule has 10 nitrogen and oxygen atoms in total. The monoisotopic (exact) mass is 446 g/mol. The number of nitrogens with zero attached hydrogens (tertiary/aromatic N) is 1. The highest BCUT2D eigenvalue weighted by atomic mass is 16.6. The molecule has 31 heavy (non-hydrogen) atoms. The van der Waals surface area contributed by atoms with E-state index in [0.717, 1.165) is 0 Å². The van der Waals surface area contributed by atoms with Crippen molar-refractivity contribution in [3.8, 4) is 0 Å². The van der Waals surface area contributed by atoms with E-state index in [1.165, 1.54) is 0 Å². The molecule has 0 unspecified atom stereocenters. The molecule has 0 aromatic carbocycles. The molecule has 0 saturated carbocycles. The predicted octanol–water partition coefficient (Wildman–Crippen LogP) is 2.99. The molecule has 0 saturated heterocycles. The first kappa shape index (κ1) is 28.8. The van der Waals surface area contributed by atoms with Gasteiger partial charge in [-0.2, -0.15) is 0 Å². The molecule has 0 radical (unpaired) electrons. The molecule has 0 aromatic rings. The van der Waals surface area contributed by atoms with Crippen LogP contribution in [0.3, 0.4) is 0 Å². The lowest BCUT2D eigenvalue weighted by Crippen LogP contribution is -2.39. The number of hydrogen-bond donors (Lipinski definition) is 3. The van der Waals surface area contributed by atoms with E-state index in [1.807, 2.05) is 20.8 Å². The second-order valence-electron chi connectivity index (χ2n) is 9.16. The molecular weight excluding hydrogens is 404 g/mol. The Bertz CT molecular complexity index is 543. The van der Waals surface area contributed by atoms with Gasteiger partial charge in [0, 0.05) is 26.2 Å². The molecule has 0 bridgehead atoms. The smallest absolute Gasteiger partial charge is 0.410 e. The Labute approximate surface area is 186 Å². The molecule has 4 N–H and O–H groups in total. The van der Waals surface area contributed by atoms with E-state index in [4.69, 9.17) is 19.9 Å². The Hall–Kier alpha value is -2.23. The van der Waals surface area contributed by atoms with Gasteiger partial charge in [-0.3, -0.25) is 0 Å². The van der Waals surface area contributed by atoms with Crippen molar-refractivity contribution in [2.45, 2.75) is 78.4 Å². The zero-order valence-corrected chi connectivity index (χ0v) is 20.0. The summed E-state index contributed by atoms with van der Waals surface area (Å²) in [6, 6.07) is 0. The zero-order valence-electron chi connectivity index (χ0n) is 20.0. The van der Waals surface area contributed by atoms with Gasteiger partial charge in [0.05, 0.1) is 6.61 Å². The van der Waals surface area contributed by atoms with Crippen LogP contribution in [0.4, 0.5) is 14.4 Å². The van der Waals surface area contributed by atoms with Crippen molar-refractivity contribution in [1.29, 1.82) is 0 Å². The van der Waals surface area contributed by atoms with Crippen LogP contribution >= 0.6 is 0 Å². The third-order valence-electron chi connectivity index (χ3n) is 3.63. The number of hydrogen-bond acceptors (Lipinski definition) is 7. The van der Waals surface area contributed by atoms with Gasteiger partial charge in [-0.1, -0.05) is 0 Å². The number of rotatable bonds is 12. The molecule has 0 heterocycles. The molecule has 182 valence electrons. The molecule has 10 heteroatoms. The van der Waals surface area contributed by atoms with Crippen LogP contribution in [0.25, 0.3) is 0 Å². The van der Waals surface area contributed by atoms with Crippen molar-refractivity contribution >= 4 is 18.3 Å². The van der Waals surface area contributed by atoms with Crippen molar-refractivity contribution in [2.75, 3.05) is 39.3 Å². The molecule has 0 aliphatic heterocycles. The minimum absolute atomic E-state index is 0.261. The van der Waals surface area contributed by atoms with Crippen LogP contribution in [0.5, 0.6) is 0 Å². The van der Waals surface area contributed by atoms with Crippen LogP contribution in [-0.4, -0.2) is 73.7 Å². The van der Waals surface area contributed by atoms with Crippen LogP contribution in [0.1, 0.15) is 67.2 Å². The SMILES string of the molecule is CC(C)(C)OC(=O)NCCCN(CCCCOC(=O)NCCCN)C(=O)OC(C)(C)C. The van der Waals surface area contributed by atoms with Crippen LogP contribution in [0.2, 0.25) is 0 Å². The standard InChI is InChI=1S/C21H42N4O6/c1-20(2,3)30-18(27)24-13-10-15-25(19(28)31-21(4,5)6)14-7-8-16-29-17(26)23-12-9-11-22/h7-16,22H2,1-6H3,(H,23,26)(H,24,27). The number of ether oxygens (including phenoxy) is 3. The zero-order chi connectivity index (χ0) is 23.9. The summed E-state index contributed by atoms with van der Waals surface area (Å²) in [6.45, 7) is 13.3. The highest BCUT2D eigenvalue weighted by Gasteiger charge is 2.22. The van der Waals surface area contributed by atoms with E-state index in [1.54, 1.807) is 25.7 Å². The van der Waals surface area contributed by atoms with Crippen molar-refractivity contribution in [3.63, 3.8) is 0 Å². The van der Waals surface area contributed by atoms with Crippen molar-refractivity contribution in [2.24, 2.45) is 5.73 Å². The number of carbonyl (C=O) groups is 3. The first-order valence-electron chi connectivity index (χ1n) is 10.9. The quantitative estimate of drug-likeness (QED) is 0.310. The lowest BCUT2D eigenvalue weighted by molar-refractivity contribution is 0.0241. The number of nitrogens with one attached hydrogen (secondary N) is 2. The molecule has 0 rings (SSSR count). The highest BCUT2D eigenvalue weighted by Crippen LogP contribution is 2.11. The van der Waals surface area contributed by atoms with E-state index in [-0.39, 0.29) is 6.61 Å². The summed E-state index contributed by atoms with van der Waals surface area (Å²) in [7, 11) is 0. The molecule has 0 fully saturated rings. The number of alkyl carbamates (subject to hydrolysis) is 2. The van der Waals surface area contributed by atoms with E-state index in [0.29, 0.717) is 58.4 Å². The van der Waals surface area contributed by atoms with Crippen molar-refractivity contribution in [3.05, 3.63) is 0 Å². The largest absolute Gasteiger partial charge is 0.450 e. The summed E-state index contributed by atoms with van der Waals surface area (Å²) in [5, 5.41) is 5.29. The van der Waals surface area contributed by atoms with Gasteiger partial charge in [0.1, 0.15) is 11.2 Å². The molecule has 0 aromatic heterocycles. The fraction of sp³-hybridized carbons (Fsp3) is 0.857. The Kier molecular flexibility index (Phi) is 13.7. The molecule has 0 aliphatic rings. The molecule has 0 atom stereocenters. The van der Waals surface area contributed by atoms with Gasteiger partial charge in [0.25, 0.3) is 0 Å². The Morgan fingerprint density at radius 2 is 1.32 bits per heavy atom. The maximum Gasteiger partial charge on any atom is 0.410 e. The third kappa shape index (κ3) is 18.3. The maximum absolute atomic E-state index is 12.5. The summed E-state index contributed by atoms with van der Waals surface area (Å²) >= 11 is 0. The second-order valence-corrected chi connectivity index (χ2v) is 9.16. The fourth-order valence-electron chi connectivity index (χ4n) is 2.31. The van der Waals surface area contributed by atoms with E-state index in [2.05, 4.69) is 10.6 Å². The van der Waals surface area contributed by atoms with Gasteiger partial charge < -0.3 is 35.5 Å². The molecule has 0 spiro atoms. The lowest BCUT2D eigenvalue weighted by Gasteiger charge is -2.27. The Morgan fingerprint density at radius 1 is 0.774 bits per heavy atom. The van der Waals surface area contributed by atoms with Gasteiger partial charge in [-0.15, -0.1) is 0 Å². The van der Waals surface area contributed by atoms with E-state index in [9.17, 15) is 14.4 Å². The summed E-state index contributed by atoms with van der Waals surface area (Å²) in [5.74, 6) is 0. The predicted molar refractivity (Wildman–Crippen MR) is 119 cm³/mol. The molecule has 3 amide bonds. The lowest BCUT2D eigenvalue weighted by atomic mass is 10.2. The van der Waals surface area contributed by atoms with E-state index >= 15 is 0 Å². The van der Waals surface area contributed by atoms with Gasteiger partial charge in [0.15, 0.2) is 0 Å². The topological polar surface area (TPSA) is 132 Å². The normalized spacial score (nSPS) is 11.5. The van der Waals surface area contributed by atoms with Crippen LogP contribution in [0, 0.1) is 0 Å². The summed E-state index contributed by atoms with van der Waals surface area (Å²) in [5.41, 5.74) is 4.20. The number of carbonyl (C=O) groups excluding carboxylic acids is 3. The first-order valence-corrected chi connectivity index (χ1v) is 10.9. The van der Waals surface area contributed by atoms with Crippen LogP contribution < -0.4 is 16.4 Å². The fourth-order valence-corrected chi connectivity index (χ4v) is 2.31. The Balaban J connectivity index is 4.35. The minimum Gasteiger partial charge on any atom is -0.450 e. The number of unbranched alkanes of at least 4 members (excludes halogenated alkanes) is 1. The maximum atomic E-state index is 12.5. The van der Waals surface area contributed by atoms with Crippen molar-refractivity contribution in [1.82, 2.24) is 15.5 Å². The summed E-state index contributed by atoms with van der Waals surface area (Å²) < 4.78 is 15.7. The third-order valence-corrected chi connectivity index (χ3v) is 3.63. The summed E-state index contributed by atoms with van der Waals surface area (Å²) in [4.78, 5) is 37.3. The second kappa shape index (κ2) is 14.7.